The largest absolute Gasteiger partial charge is 0.457 e. The number of carbonyl (C=O) groups excluding carboxylic acids is 2. The van der Waals surface area contributed by atoms with Crippen LogP contribution in [0, 0.1) is 17.8 Å². The van der Waals surface area contributed by atoms with Gasteiger partial charge < -0.3 is 29.9 Å². The topological polar surface area (TPSA) is 134 Å². The van der Waals surface area contributed by atoms with Crippen molar-refractivity contribution in [2.24, 2.45) is 17.8 Å². The zero-order valence-corrected chi connectivity index (χ0v) is 26.6. The Balaban J connectivity index is 3.07. The zero-order valence-electron chi connectivity index (χ0n) is 24.4. The molecule has 0 aliphatic carbocycles. The Hall–Kier alpha value is -1.27. The van der Waals surface area contributed by atoms with Gasteiger partial charge in [0, 0.05) is 22.7 Å². The van der Waals surface area contributed by atoms with Gasteiger partial charge in [0.15, 0.2) is 0 Å². The van der Waals surface area contributed by atoms with Crippen molar-refractivity contribution in [3.05, 3.63) is 36.0 Å². The number of hydrogen-bond acceptors (Lipinski definition) is 8. The summed E-state index contributed by atoms with van der Waals surface area (Å²) in [6, 6.07) is 0. The third kappa shape index (κ3) is 12.4. The highest BCUT2D eigenvalue weighted by Gasteiger charge is 2.35. The van der Waals surface area contributed by atoms with Gasteiger partial charge in [-0.05, 0) is 57.1 Å². The van der Waals surface area contributed by atoms with E-state index in [9.17, 15) is 30.0 Å². The Kier molecular flexibility index (Phi) is 15.5. The van der Waals surface area contributed by atoms with E-state index in [1.54, 1.807) is 19.1 Å². The molecule has 0 aromatic heterocycles. The van der Waals surface area contributed by atoms with Crippen molar-refractivity contribution < 1.29 is 39.5 Å². The van der Waals surface area contributed by atoms with Crippen LogP contribution in [0.2, 0.25) is 0 Å². The third-order valence-electron chi connectivity index (χ3n) is 7.40. The van der Waals surface area contributed by atoms with E-state index in [2.05, 4.69) is 29.5 Å². The fourth-order valence-electron chi connectivity index (χ4n) is 4.62. The summed E-state index contributed by atoms with van der Waals surface area (Å²) in [6.45, 7) is 12.4. The van der Waals surface area contributed by atoms with E-state index in [0.29, 0.717) is 6.42 Å². The molecule has 9 heteroatoms. The lowest BCUT2D eigenvalue weighted by atomic mass is 9.88. The van der Waals surface area contributed by atoms with Crippen LogP contribution >= 0.6 is 22.6 Å². The average molecular weight is 665 g/mol. The normalized spacial score (nSPS) is 31.4. The second-order valence-electron chi connectivity index (χ2n) is 11.3. The minimum atomic E-state index is -1.41. The van der Waals surface area contributed by atoms with Crippen LogP contribution in [0.25, 0.3) is 0 Å². The summed E-state index contributed by atoms with van der Waals surface area (Å²) in [4.78, 5) is 24.3. The predicted octanol–water partition coefficient (Wildman–Crippen LogP) is 4.42. The fraction of sp³-hybridized carbons (Fsp3) is 0.733. The number of aliphatic hydroxyl groups excluding tert-OH is 3. The van der Waals surface area contributed by atoms with Gasteiger partial charge >= 0.3 is 11.9 Å². The van der Waals surface area contributed by atoms with Crippen LogP contribution in [0.1, 0.15) is 80.6 Å². The molecule has 0 aromatic carbocycles. The molecule has 0 spiro atoms. The number of ether oxygens (including phenoxy) is 2. The number of halogens is 1. The van der Waals surface area contributed by atoms with Gasteiger partial charge in [-0.3, -0.25) is 9.59 Å². The number of hydrogen-bond donors (Lipinski definition) is 4. The van der Waals surface area contributed by atoms with E-state index >= 15 is 0 Å². The molecule has 1 rings (SSSR count). The van der Waals surface area contributed by atoms with E-state index in [-0.39, 0.29) is 40.9 Å². The molecule has 0 saturated carbocycles. The predicted molar refractivity (Wildman–Crippen MR) is 160 cm³/mol. The van der Waals surface area contributed by atoms with Gasteiger partial charge in [-0.2, -0.15) is 0 Å². The first-order valence-corrected chi connectivity index (χ1v) is 15.1. The number of cyclic esters (lactones) is 1. The Morgan fingerprint density at radius 3 is 2.51 bits per heavy atom. The smallest absolute Gasteiger partial charge is 0.309 e. The van der Waals surface area contributed by atoms with Crippen LogP contribution in [-0.2, 0) is 19.1 Å². The van der Waals surface area contributed by atoms with Crippen molar-refractivity contribution in [3.8, 4) is 0 Å². The van der Waals surface area contributed by atoms with Crippen LogP contribution in [-0.4, -0.2) is 72.4 Å². The highest BCUT2D eigenvalue weighted by molar-refractivity contribution is 14.1. The van der Waals surface area contributed by atoms with Gasteiger partial charge in [-0.25, -0.2) is 0 Å². The molecule has 10 unspecified atom stereocenters. The first kappa shape index (κ1) is 35.8. The van der Waals surface area contributed by atoms with Crippen LogP contribution in [0.5, 0.6) is 0 Å². The molecule has 0 bridgehead atoms. The van der Waals surface area contributed by atoms with E-state index in [0.717, 1.165) is 12.0 Å². The summed E-state index contributed by atoms with van der Waals surface area (Å²) < 4.78 is 11.1. The molecule has 1 aliphatic rings. The number of aliphatic hydroxyl groups is 4. The van der Waals surface area contributed by atoms with Crippen molar-refractivity contribution in [2.45, 2.75) is 121 Å². The Morgan fingerprint density at radius 2 is 1.92 bits per heavy atom. The van der Waals surface area contributed by atoms with Crippen LogP contribution in [0.4, 0.5) is 0 Å². The molecule has 4 N–H and O–H groups in total. The SMILES string of the molecule is CCC(O)C(C)C(O)C(I)CC(C)C=CC=C(C)C1OC(=O)CC(O)CCC(C)(O)C(OC(C)=O)C=CC1C. The van der Waals surface area contributed by atoms with Gasteiger partial charge in [0.1, 0.15) is 17.8 Å². The number of alkyl halides is 1. The maximum atomic E-state index is 12.6. The summed E-state index contributed by atoms with van der Waals surface area (Å²) in [5, 5.41) is 42.0. The molecule has 224 valence electrons. The van der Waals surface area contributed by atoms with Crippen molar-refractivity contribution in [1.82, 2.24) is 0 Å². The number of esters is 2. The summed E-state index contributed by atoms with van der Waals surface area (Å²) in [6.07, 6.45) is 6.94. The third-order valence-corrected chi connectivity index (χ3v) is 8.64. The van der Waals surface area contributed by atoms with Gasteiger partial charge in [0.25, 0.3) is 0 Å². The second kappa shape index (κ2) is 16.9. The second-order valence-corrected chi connectivity index (χ2v) is 12.9. The summed E-state index contributed by atoms with van der Waals surface area (Å²) in [7, 11) is 0. The quantitative estimate of drug-likeness (QED) is 0.0888. The van der Waals surface area contributed by atoms with Gasteiger partial charge in [0.2, 0.25) is 0 Å². The number of allylic oxidation sites excluding steroid dienone is 3. The van der Waals surface area contributed by atoms with Crippen LogP contribution in [0.15, 0.2) is 36.0 Å². The Labute approximate surface area is 247 Å². The van der Waals surface area contributed by atoms with Crippen molar-refractivity contribution in [3.63, 3.8) is 0 Å². The van der Waals surface area contributed by atoms with Crippen LogP contribution in [0.3, 0.4) is 0 Å². The Bertz CT molecular complexity index is 867. The molecule has 39 heavy (non-hydrogen) atoms. The summed E-state index contributed by atoms with van der Waals surface area (Å²) >= 11 is 2.24. The lowest BCUT2D eigenvalue weighted by Gasteiger charge is -2.32. The van der Waals surface area contributed by atoms with E-state index in [4.69, 9.17) is 9.47 Å². The van der Waals surface area contributed by atoms with Gasteiger partial charge in [-0.1, -0.05) is 74.6 Å². The zero-order chi connectivity index (χ0) is 29.9. The van der Waals surface area contributed by atoms with Crippen molar-refractivity contribution in [2.75, 3.05) is 0 Å². The first-order valence-electron chi connectivity index (χ1n) is 13.9. The standard InChI is InChI=1S/C30H49IO8/c1-8-25(34)21(5)28(36)24(31)16-18(2)10-9-11-19(3)29-20(4)12-13-26(38-22(6)32)30(7,37)15-14-23(33)17-27(35)39-29/h9-13,18,20-21,23-26,28-29,33-34,36-37H,8,14-17H2,1-7H3. The van der Waals surface area contributed by atoms with Gasteiger partial charge in [0.05, 0.1) is 24.7 Å². The highest BCUT2D eigenvalue weighted by atomic mass is 127. The molecule has 1 aliphatic heterocycles. The van der Waals surface area contributed by atoms with Crippen LogP contribution < -0.4 is 0 Å². The van der Waals surface area contributed by atoms with E-state index < -0.39 is 48.1 Å². The Morgan fingerprint density at radius 1 is 1.28 bits per heavy atom. The average Bonchev–Trinajstić information content (AvgIpc) is 2.85. The molecule has 8 nitrogen and oxygen atoms in total. The molecule has 1 heterocycles. The maximum absolute atomic E-state index is 12.6. The minimum absolute atomic E-state index is 0.0187. The maximum Gasteiger partial charge on any atom is 0.309 e. The molecule has 0 aromatic rings. The van der Waals surface area contributed by atoms with Gasteiger partial charge in [-0.15, -0.1) is 0 Å². The lowest BCUT2D eigenvalue weighted by Crippen LogP contribution is -2.42. The first-order chi connectivity index (χ1) is 18.1. The molecular formula is C30H49IO8. The minimum Gasteiger partial charge on any atom is -0.457 e. The lowest BCUT2D eigenvalue weighted by molar-refractivity contribution is -0.157. The van der Waals surface area contributed by atoms with E-state index in [1.807, 2.05) is 45.9 Å². The fourth-order valence-corrected chi connectivity index (χ4v) is 6.08. The van der Waals surface area contributed by atoms with Crippen molar-refractivity contribution >= 4 is 34.5 Å². The molecule has 10 atom stereocenters. The summed E-state index contributed by atoms with van der Waals surface area (Å²) in [5.74, 6) is -1.40. The van der Waals surface area contributed by atoms with Crippen molar-refractivity contribution in [1.29, 1.82) is 0 Å². The summed E-state index contributed by atoms with van der Waals surface area (Å²) in [5.41, 5.74) is -0.626. The molecule has 0 fully saturated rings. The number of carbonyl (C=O) groups is 2. The monoisotopic (exact) mass is 664 g/mol. The highest BCUT2D eigenvalue weighted by Crippen LogP contribution is 2.28. The molecule has 0 radical (unpaired) electrons. The number of rotatable bonds is 10. The van der Waals surface area contributed by atoms with E-state index in [1.165, 1.54) is 6.92 Å². The molecule has 0 amide bonds. The molecular weight excluding hydrogens is 615 g/mol. The molecule has 0 saturated heterocycles.